The first-order valence-corrected chi connectivity index (χ1v) is 6.59. The Bertz CT molecular complexity index is 785. The molecule has 3 rings (SSSR count). The lowest BCUT2D eigenvalue weighted by Crippen LogP contribution is -2.02. The Morgan fingerprint density at radius 1 is 1.00 bits per heavy atom. The van der Waals surface area contributed by atoms with Crippen molar-refractivity contribution in [1.82, 2.24) is 9.97 Å². The van der Waals surface area contributed by atoms with Crippen molar-refractivity contribution in [3.05, 3.63) is 53.9 Å². The van der Waals surface area contributed by atoms with Crippen LogP contribution in [0, 0.1) is 6.92 Å². The molecular formula is C16H15N3O2. The van der Waals surface area contributed by atoms with Crippen LogP contribution < -0.4 is 5.32 Å². The first kappa shape index (κ1) is 13.2. The molecule has 0 radical (unpaired) electrons. The fourth-order valence-corrected chi connectivity index (χ4v) is 2.11. The Kier molecular flexibility index (Phi) is 3.31. The normalized spacial score (nSPS) is 10.7. The molecular weight excluding hydrogens is 266 g/mol. The van der Waals surface area contributed by atoms with Crippen molar-refractivity contribution in [3.8, 4) is 11.5 Å². The number of anilines is 1. The van der Waals surface area contributed by atoms with E-state index in [2.05, 4.69) is 39.6 Å². The molecule has 0 spiro atoms. The summed E-state index contributed by atoms with van der Waals surface area (Å²) in [5.41, 5.74) is 2.92. The van der Waals surface area contributed by atoms with Gasteiger partial charge in [-0.05, 0) is 18.6 Å². The largest absolute Gasteiger partial charge is 0.504 e. The van der Waals surface area contributed by atoms with Crippen LogP contribution in [-0.4, -0.2) is 20.2 Å². The van der Waals surface area contributed by atoms with E-state index < -0.39 is 0 Å². The molecule has 1 aromatic heterocycles. The highest BCUT2D eigenvalue weighted by atomic mass is 16.3. The van der Waals surface area contributed by atoms with Crippen molar-refractivity contribution in [2.24, 2.45) is 0 Å². The number of hydrogen-bond acceptors (Lipinski definition) is 5. The van der Waals surface area contributed by atoms with E-state index in [0.29, 0.717) is 23.3 Å². The van der Waals surface area contributed by atoms with Gasteiger partial charge in [-0.15, -0.1) is 0 Å². The number of phenols is 2. The fourth-order valence-electron chi connectivity index (χ4n) is 2.11. The smallest absolute Gasteiger partial charge is 0.159 e. The molecule has 1 heterocycles. The molecule has 3 N–H and O–H groups in total. The van der Waals surface area contributed by atoms with Gasteiger partial charge in [0.2, 0.25) is 0 Å². The van der Waals surface area contributed by atoms with Crippen LogP contribution in [0.5, 0.6) is 11.5 Å². The number of aryl methyl sites for hydroxylation is 1. The number of nitrogens with one attached hydrogen (secondary N) is 1. The average molecular weight is 281 g/mol. The minimum Gasteiger partial charge on any atom is -0.504 e. The zero-order valence-corrected chi connectivity index (χ0v) is 11.5. The number of aromatic nitrogens is 2. The van der Waals surface area contributed by atoms with Crippen LogP contribution in [0.4, 0.5) is 5.82 Å². The number of hydrogen-bond donors (Lipinski definition) is 3. The van der Waals surface area contributed by atoms with Crippen LogP contribution in [0.15, 0.2) is 42.7 Å². The Balaban J connectivity index is 1.90. The van der Waals surface area contributed by atoms with Crippen LogP contribution in [0.3, 0.4) is 0 Å². The van der Waals surface area contributed by atoms with Gasteiger partial charge in [0.25, 0.3) is 0 Å². The molecule has 2 aromatic carbocycles. The maximum atomic E-state index is 9.62. The topological polar surface area (TPSA) is 78.3 Å². The molecule has 0 atom stereocenters. The van der Waals surface area contributed by atoms with Gasteiger partial charge < -0.3 is 15.5 Å². The number of aromatic hydroxyl groups is 2. The lowest BCUT2D eigenvalue weighted by Gasteiger charge is -2.09. The van der Waals surface area contributed by atoms with Gasteiger partial charge in [-0.1, -0.05) is 29.8 Å². The summed E-state index contributed by atoms with van der Waals surface area (Å²) in [7, 11) is 0. The van der Waals surface area contributed by atoms with Crippen molar-refractivity contribution in [2.75, 3.05) is 5.32 Å². The second-order valence-corrected chi connectivity index (χ2v) is 4.92. The molecule has 21 heavy (non-hydrogen) atoms. The number of phenolic OH excluding ortho intramolecular Hbond substituents is 2. The zero-order valence-electron chi connectivity index (χ0n) is 11.5. The van der Waals surface area contributed by atoms with E-state index in [-0.39, 0.29) is 11.5 Å². The predicted octanol–water partition coefficient (Wildman–Crippen LogP) is 2.96. The van der Waals surface area contributed by atoms with Gasteiger partial charge in [0.05, 0.1) is 5.52 Å². The molecule has 0 aliphatic carbocycles. The van der Waals surface area contributed by atoms with Crippen molar-refractivity contribution >= 4 is 16.7 Å². The maximum Gasteiger partial charge on any atom is 0.159 e. The summed E-state index contributed by atoms with van der Waals surface area (Å²) >= 11 is 0. The van der Waals surface area contributed by atoms with Crippen molar-refractivity contribution in [1.29, 1.82) is 0 Å². The molecule has 0 bridgehead atoms. The summed E-state index contributed by atoms with van der Waals surface area (Å²) in [6.45, 7) is 2.67. The van der Waals surface area contributed by atoms with Gasteiger partial charge in [-0.25, -0.2) is 9.97 Å². The second kappa shape index (κ2) is 5.28. The van der Waals surface area contributed by atoms with Crippen LogP contribution in [0.25, 0.3) is 10.9 Å². The van der Waals surface area contributed by atoms with Crippen molar-refractivity contribution in [2.45, 2.75) is 13.5 Å². The molecule has 0 saturated carbocycles. The van der Waals surface area contributed by atoms with Gasteiger partial charge >= 0.3 is 0 Å². The molecule has 106 valence electrons. The molecule has 3 aromatic rings. The zero-order chi connectivity index (χ0) is 14.8. The summed E-state index contributed by atoms with van der Waals surface area (Å²) in [4.78, 5) is 8.28. The highest BCUT2D eigenvalue weighted by Crippen LogP contribution is 2.31. The van der Waals surface area contributed by atoms with Gasteiger partial charge in [0.15, 0.2) is 11.5 Å². The van der Waals surface area contributed by atoms with Crippen molar-refractivity contribution in [3.63, 3.8) is 0 Å². The third-order valence-electron chi connectivity index (χ3n) is 3.31. The summed E-state index contributed by atoms with van der Waals surface area (Å²) in [6, 6.07) is 11.1. The van der Waals surface area contributed by atoms with Crippen LogP contribution in [0.2, 0.25) is 0 Å². The minimum absolute atomic E-state index is 0.185. The molecule has 0 fully saturated rings. The van der Waals surface area contributed by atoms with Gasteiger partial charge in [0.1, 0.15) is 12.1 Å². The molecule has 0 saturated heterocycles. The third kappa shape index (κ3) is 2.72. The minimum atomic E-state index is -0.189. The number of nitrogens with zero attached hydrogens (tertiary/aromatic N) is 2. The van der Waals surface area contributed by atoms with E-state index in [1.807, 2.05) is 6.92 Å². The third-order valence-corrected chi connectivity index (χ3v) is 3.31. The molecule has 5 heteroatoms. The summed E-state index contributed by atoms with van der Waals surface area (Å²) in [6.07, 6.45) is 1.43. The molecule has 0 aliphatic rings. The number of benzene rings is 2. The second-order valence-electron chi connectivity index (χ2n) is 4.92. The molecule has 0 aliphatic heterocycles. The van der Waals surface area contributed by atoms with Crippen LogP contribution in [-0.2, 0) is 6.54 Å². The van der Waals surface area contributed by atoms with Crippen LogP contribution in [0.1, 0.15) is 11.1 Å². The predicted molar refractivity (Wildman–Crippen MR) is 81.4 cm³/mol. The monoisotopic (exact) mass is 281 g/mol. The Hall–Kier alpha value is -2.82. The summed E-state index contributed by atoms with van der Waals surface area (Å²) in [5, 5.41) is 23.0. The summed E-state index contributed by atoms with van der Waals surface area (Å²) in [5.74, 6) is 0.247. The first-order valence-electron chi connectivity index (χ1n) is 6.59. The first-order chi connectivity index (χ1) is 10.1. The quantitative estimate of drug-likeness (QED) is 0.643. The Morgan fingerprint density at radius 3 is 2.48 bits per heavy atom. The highest BCUT2D eigenvalue weighted by molar-refractivity contribution is 5.91. The van der Waals surface area contributed by atoms with Crippen molar-refractivity contribution < 1.29 is 10.2 Å². The van der Waals surface area contributed by atoms with E-state index >= 15 is 0 Å². The van der Waals surface area contributed by atoms with Gasteiger partial charge in [-0.2, -0.15) is 0 Å². The maximum absolute atomic E-state index is 9.62. The molecule has 0 unspecified atom stereocenters. The van der Waals surface area contributed by atoms with E-state index in [0.717, 1.165) is 5.56 Å². The lowest BCUT2D eigenvalue weighted by molar-refractivity contribution is 0.405. The molecule has 0 amide bonds. The average Bonchev–Trinajstić information content (AvgIpc) is 2.48. The molecule has 5 nitrogen and oxygen atoms in total. The highest BCUT2D eigenvalue weighted by Gasteiger charge is 2.08. The van der Waals surface area contributed by atoms with E-state index in [9.17, 15) is 10.2 Å². The van der Waals surface area contributed by atoms with Gasteiger partial charge in [0, 0.05) is 18.0 Å². The summed E-state index contributed by atoms with van der Waals surface area (Å²) < 4.78 is 0. The van der Waals surface area contributed by atoms with E-state index in [4.69, 9.17) is 0 Å². The Labute approximate surface area is 121 Å². The SMILES string of the molecule is Cc1ccc(CNc2ncnc3cc(O)c(O)cc23)cc1. The van der Waals surface area contributed by atoms with E-state index in [1.54, 1.807) is 0 Å². The van der Waals surface area contributed by atoms with E-state index in [1.165, 1.54) is 24.0 Å². The standard InChI is InChI=1S/C16H15N3O2/c1-10-2-4-11(5-3-10)8-17-16-12-6-14(20)15(21)7-13(12)18-9-19-16/h2-7,9,20-21H,8H2,1H3,(H,17,18,19). The lowest BCUT2D eigenvalue weighted by atomic mass is 10.1. The van der Waals surface area contributed by atoms with Gasteiger partial charge in [-0.3, -0.25) is 0 Å². The Morgan fingerprint density at radius 2 is 1.71 bits per heavy atom. The number of fused-ring (bicyclic) bond motifs is 1. The number of rotatable bonds is 3. The fraction of sp³-hybridized carbons (Fsp3) is 0.125. The van der Waals surface area contributed by atoms with Crippen LogP contribution >= 0.6 is 0 Å².